The molecule has 3 nitrogen and oxygen atoms in total. The quantitative estimate of drug-likeness (QED) is 0.646. The van der Waals surface area contributed by atoms with Gasteiger partial charge in [0.1, 0.15) is 23.7 Å². The van der Waals surface area contributed by atoms with E-state index in [0.717, 1.165) is 27.9 Å². The minimum Gasteiger partial charge on any atom is -0.459 e. The van der Waals surface area contributed by atoms with Gasteiger partial charge in [0.25, 0.3) is 0 Å². The number of pyridine rings is 1. The van der Waals surface area contributed by atoms with Crippen LogP contribution in [0.2, 0.25) is 0 Å². The fourth-order valence-corrected chi connectivity index (χ4v) is 2.37. The summed E-state index contributed by atoms with van der Waals surface area (Å²) in [5.74, 6) is 1.56. The molecular formula is C14H11NO2. The van der Waals surface area contributed by atoms with Gasteiger partial charge in [0.05, 0.1) is 5.52 Å². The van der Waals surface area contributed by atoms with Crippen LogP contribution in [-0.4, -0.2) is 11.1 Å². The Morgan fingerprint density at radius 1 is 1.24 bits per heavy atom. The maximum atomic E-state index is 5.68. The van der Waals surface area contributed by atoms with Gasteiger partial charge < -0.3 is 9.47 Å². The van der Waals surface area contributed by atoms with Crippen LogP contribution in [0.3, 0.4) is 0 Å². The summed E-state index contributed by atoms with van der Waals surface area (Å²) in [7, 11) is 0. The maximum Gasteiger partial charge on any atom is 0.146 e. The van der Waals surface area contributed by atoms with Crippen LogP contribution in [0.5, 0.6) is 5.75 Å². The summed E-state index contributed by atoms with van der Waals surface area (Å²) in [6.45, 7) is 5.86. The Balaban J connectivity index is 1.99. The van der Waals surface area contributed by atoms with Crippen molar-refractivity contribution in [3.63, 3.8) is 0 Å². The molecule has 0 spiro atoms. The first-order valence-corrected chi connectivity index (χ1v) is 5.66. The first-order valence-electron chi connectivity index (χ1n) is 5.66. The molecule has 2 aliphatic heterocycles. The third kappa shape index (κ3) is 1.23. The van der Waals surface area contributed by atoms with Crippen molar-refractivity contribution in [1.82, 2.24) is 4.98 Å². The van der Waals surface area contributed by atoms with E-state index in [1.165, 1.54) is 0 Å². The number of aryl methyl sites for hydroxylation is 1. The fraction of sp³-hybridized carbons (Fsp3) is 0.214. The molecule has 0 saturated carbocycles. The van der Waals surface area contributed by atoms with Gasteiger partial charge in [0.2, 0.25) is 0 Å². The van der Waals surface area contributed by atoms with Crippen LogP contribution in [0.4, 0.5) is 0 Å². The number of benzene rings is 1. The molecule has 3 heteroatoms. The molecule has 1 aromatic heterocycles. The lowest BCUT2D eigenvalue weighted by Crippen LogP contribution is -2.09. The SMILES string of the molecule is C=C1Oc2cc3ccc(C)nc3cc2[C@H]2O[C@@H]12. The molecule has 0 radical (unpaired) electrons. The Hall–Kier alpha value is -1.87. The highest BCUT2D eigenvalue weighted by Gasteiger charge is 2.48. The lowest BCUT2D eigenvalue weighted by atomic mass is 10.0. The Kier molecular flexibility index (Phi) is 1.55. The van der Waals surface area contributed by atoms with E-state index in [4.69, 9.17) is 9.47 Å². The normalized spacial score (nSPS) is 25.1. The largest absolute Gasteiger partial charge is 0.459 e. The van der Waals surface area contributed by atoms with Crippen LogP contribution in [-0.2, 0) is 4.74 Å². The first kappa shape index (κ1) is 9.19. The molecule has 17 heavy (non-hydrogen) atoms. The van der Waals surface area contributed by atoms with Crippen LogP contribution >= 0.6 is 0 Å². The number of nitrogens with zero attached hydrogens (tertiary/aromatic N) is 1. The van der Waals surface area contributed by atoms with Crippen LogP contribution in [0.1, 0.15) is 17.4 Å². The molecule has 2 aliphatic rings. The number of fused-ring (bicyclic) bond motifs is 4. The van der Waals surface area contributed by atoms with E-state index in [0.29, 0.717) is 5.76 Å². The summed E-state index contributed by atoms with van der Waals surface area (Å²) in [5.41, 5.74) is 3.11. The van der Waals surface area contributed by atoms with Gasteiger partial charge in [-0.05, 0) is 25.1 Å². The van der Waals surface area contributed by atoms with Crippen molar-refractivity contribution < 1.29 is 9.47 Å². The molecule has 0 bridgehead atoms. The van der Waals surface area contributed by atoms with Crippen molar-refractivity contribution in [1.29, 1.82) is 0 Å². The van der Waals surface area contributed by atoms with Gasteiger partial charge in [-0.2, -0.15) is 0 Å². The first-order chi connectivity index (χ1) is 8.22. The molecule has 2 aromatic rings. The van der Waals surface area contributed by atoms with Crippen LogP contribution in [0, 0.1) is 6.92 Å². The van der Waals surface area contributed by atoms with E-state index >= 15 is 0 Å². The predicted molar refractivity (Wildman–Crippen MR) is 63.9 cm³/mol. The topological polar surface area (TPSA) is 34.6 Å². The number of rotatable bonds is 0. The van der Waals surface area contributed by atoms with Crippen molar-refractivity contribution in [2.24, 2.45) is 0 Å². The zero-order valence-electron chi connectivity index (χ0n) is 9.43. The third-order valence-electron chi connectivity index (χ3n) is 3.32. The molecule has 0 N–H and O–H groups in total. The highest BCUT2D eigenvalue weighted by molar-refractivity contribution is 5.82. The summed E-state index contributed by atoms with van der Waals surface area (Å²) < 4.78 is 11.2. The molecule has 84 valence electrons. The van der Waals surface area contributed by atoms with Gasteiger partial charge in [-0.3, -0.25) is 4.98 Å². The van der Waals surface area contributed by atoms with Crippen LogP contribution in [0.15, 0.2) is 36.6 Å². The summed E-state index contributed by atoms with van der Waals surface area (Å²) in [6.07, 6.45) is 0.169. The monoisotopic (exact) mass is 225 g/mol. The van der Waals surface area contributed by atoms with E-state index in [2.05, 4.69) is 23.7 Å². The van der Waals surface area contributed by atoms with E-state index in [1.54, 1.807) is 0 Å². The zero-order valence-corrected chi connectivity index (χ0v) is 9.43. The van der Waals surface area contributed by atoms with E-state index < -0.39 is 0 Å². The Bertz CT molecular complexity index is 663. The van der Waals surface area contributed by atoms with Crippen molar-refractivity contribution in [2.75, 3.05) is 0 Å². The van der Waals surface area contributed by atoms with E-state index in [-0.39, 0.29) is 12.2 Å². The third-order valence-corrected chi connectivity index (χ3v) is 3.32. The molecular weight excluding hydrogens is 214 g/mol. The van der Waals surface area contributed by atoms with Gasteiger partial charge in [-0.15, -0.1) is 0 Å². The molecule has 1 saturated heterocycles. The van der Waals surface area contributed by atoms with Gasteiger partial charge in [0.15, 0.2) is 0 Å². The van der Waals surface area contributed by atoms with Crippen molar-refractivity contribution >= 4 is 10.9 Å². The van der Waals surface area contributed by atoms with E-state index in [1.807, 2.05) is 19.1 Å². The predicted octanol–water partition coefficient (Wildman–Crippen LogP) is 2.89. The fourth-order valence-electron chi connectivity index (χ4n) is 2.37. The Morgan fingerprint density at radius 3 is 3.00 bits per heavy atom. The standard InChI is InChI=1S/C14H11NO2/c1-7-3-4-9-5-12-10(6-11(9)15-7)14-13(17-14)8(2)16-12/h3-6,13-14H,2H2,1H3/t13-,14+/m0/s1. The summed E-state index contributed by atoms with van der Waals surface area (Å²) >= 11 is 0. The molecule has 0 unspecified atom stereocenters. The smallest absolute Gasteiger partial charge is 0.146 e. The molecule has 2 atom stereocenters. The highest BCUT2D eigenvalue weighted by atomic mass is 16.6. The van der Waals surface area contributed by atoms with Gasteiger partial charge in [0, 0.05) is 16.6 Å². The minimum absolute atomic E-state index is 0.0461. The highest BCUT2D eigenvalue weighted by Crippen LogP contribution is 2.51. The molecule has 3 heterocycles. The van der Waals surface area contributed by atoms with Crippen molar-refractivity contribution in [3.8, 4) is 5.75 Å². The summed E-state index contributed by atoms with van der Waals surface area (Å²) in [4.78, 5) is 4.52. The van der Waals surface area contributed by atoms with Crippen LogP contribution in [0.25, 0.3) is 10.9 Å². The Morgan fingerprint density at radius 2 is 2.12 bits per heavy atom. The second-order valence-electron chi connectivity index (χ2n) is 4.58. The maximum absolute atomic E-state index is 5.68. The second-order valence-corrected chi connectivity index (χ2v) is 4.58. The van der Waals surface area contributed by atoms with Gasteiger partial charge in [-0.1, -0.05) is 12.6 Å². The number of aromatic nitrogens is 1. The average Bonchev–Trinajstić information content (AvgIpc) is 3.08. The number of hydrogen-bond donors (Lipinski definition) is 0. The zero-order chi connectivity index (χ0) is 11.6. The molecule has 4 rings (SSSR count). The van der Waals surface area contributed by atoms with Crippen molar-refractivity contribution in [3.05, 3.63) is 47.9 Å². The molecule has 0 aliphatic carbocycles. The Labute approximate surface area is 98.7 Å². The summed E-state index contributed by atoms with van der Waals surface area (Å²) in [6, 6.07) is 8.14. The number of epoxide rings is 1. The molecule has 1 aromatic carbocycles. The molecule has 1 fully saturated rings. The van der Waals surface area contributed by atoms with Crippen molar-refractivity contribution in [2.45, 2.75) is 19.1 Å². The van der Waals surface area contributed by atoms with Gasteiger partial charge >= 0.3 is 0 Å². The lowest BCUT2D eigenvalue weighted by molar-refractivity contribution is 0.346. The molecule has 0 amide bonds. The number of ether oxygens (including phenoxy) is 2. The lowest BCUT2D eigenvalue weighted by Gasteiger charge is -2.16. The van der Waals surface area contributed by atoms with Crippen LogP contribution < -0.4 is 4.74 Å². The summed E-state index contributed by atoms with van der Waals surface area (Å²) in [5, 5.41) is 1.08. The minimum atomic E-state index is 0.0461. The average molecular weight is 225 g/mol. The number of hydrogen-bond acceptors (Lipinski definition) is 3. The second kappa shape index (κ2) is 2.87. The van der Waals surface area contributed by atoms with Gasteiger partial charge in [-0.25, -0.2) is 0 Å². The van der Waals surface area contributed by atoms with E-state index in [9.17, 15) is 0 Å².